The molecule has 3 aromatic rings. The SMILES string of the molecule is CN1CCNCC1c1noc(-c2ccn(-c3ccc([N+](=O)[O-])cc3)n2)n1. The summed E-state index contributed by atoms with van der Waals surface area (Å²) in [6.07, 6.45) is 1.74. The van der Waals surface area contributed by atoms with Crippen molar-refractivity contribution in [2.24, 2.45) is 0 Å². The summed E-state index contributed by atoms with van der Waals surface area (Å²) in [5.41, 5.74) is 1.29. The maximum Gasteiger partial charge on any atom is 0.278 e. The number of aromatic nitrogens is 4. The number of benzene rings is 1. The van der Waals surface area contributed by atoms with Crippen molar-refractivity contribution >= 4 is 5.69 Å². The van der Waals surface area contributed by atoms with Crippen LogP contribution in [0.25, 0.3) is 17.3 Å². The van der Waals surface area contributed by atoms with Crippen LogP contribution in [0, 0.1) is 10.1 Å². The monoisotopic (exact) mass is 355 g/mol. The molecule has 1 N–H and O–H groups in total. The van der Waals surface area contributed by atoms with E-state index in [0.29, 0.717) is 23.1 Å². The summed E-state index contributed by atoms with van der Waals surface area (Å²) in [7, 11) is 2.03. The number of nitrogens with one attached hydrogen (secondary N) is 1. The lowest BCUT2D eigenvalue weighted by atomic mass is 10.2. The molecule has 0 amide bonds. The zero-order chi connectivity index (χ0) is 18.1. The molecular weight excluding hydrogens is 338 g/mol. The van der Waals surface area contributed by atoms with E-state index in [2.05, 4.69) is 25.5 Å². The summed E-state index contributed by atoms with van der Waals surface area (Å²) in [5.74, 6) is 0.972. The number of hydrogen-bond acceptors (Lipinski definition) is 8. The lowest BCUT2D eigenvalue weighted by Crippen LogP contribution is -2.44. The predicted octanol–water partition coefficient (Wildman–Crippen LogP) is 1.41. The van der Waals surface area contributed by atoms with Gasteiger partial charge in [0.05, 0.1) is 16.7 Å². The first-order chi connectivity index (χ1) is 12.6. The van der Waals surface area contributed by atoms with Gasteiger partial charge in [0.15, 0.2) is 11.5 Å². The van der Waals surface area contributed by atoms with Crippen molar-refractivity contribution < 1.29 is 9.45 Å². The van der Waals surface area contributed by atoms with E-state index >= 15 is 0 Å². The van der Waals surface area contributed by atoms with Gasteiger partial charge in [-0.15, -0.1) is 0 Å². The molecule has 10 nitrogen and oxygen atoms in total. The van der Waals surface area contributed by atoms with E-state index in [4.69, 9.17) is 4.52 Å². The molecule has 0 bridgehead atoms. The van der Waals surface area contributed by atoms with E-state index in [-0.39, 0.29) is 11.7 Å². The van der Waals surface area contributed by atoms with Crippen LogP contribution in [-0.4, -0.2) is 56.4 Å². The van der Waals surface area contributed by atoms with Crippen molar-refractivity contribution in [2.75, 3.05) is 26.7 Å². The molecule has 0 spiro atoms. The highest BCUT2D eigenvalue weighted by Crippen LogP contribution is 2.22. The molecule has 26 heavy (non-hydrogen) atoms. The van der Waals surface area contributed by atoms with E-state index in [1.165, 1.54) is 12.1 Å². The Balaban J connectivity index is 1.55. The quantitative estimate of drug-likeness (QED) is 0.552. The molecule has 2 aromatic heterocycles. The molecule has 1 aliphatic heterocycles. The van der Waals surface area contributed by atoms with Gasteiger partial charge >= 0.3 is 0 Å². The highest BCUT2D eigenvalue weighted by atomic mass is 16.6. The van der Waals surface area contributed by atoms with Gasteiger partial charge in [0, 0.05) is 38.0 Å². The van der Waals surface area contributed by atoms with Crippen LogP contribution in [0.2, 0.25) is 0 Å². The molecule has 0 radical (unpaired) electrons. The van der Waals surface area contributed by atoms with Crippen molar-refractivity contribution in [3.05, 3.63) is 52.5 Å². The van der Waals surface area contributed by atoms with Gasteiger partial charge in [-0.25, -0.2) is 4.68 Å². The third-order valence-corrected chi connectivity index (χ3v) is 4.38. The molecular formula is C16H17N7O3. The number of likely N-dealkylation sites (N-methyl/N-ethyl adjacent to an activating group) is 1. The number of nitrogens with zero attached hydrogens (tertiary/aromatic N) is 6. The van der Waals surface area contributed by atoms with E-state index < -0.39 is 4.92 Å². The van der Waals surface area contributed by atoms with Gasteiger partial charge < -0.3 is 9.84 Å². The predicted molar refractivity (Wildman–Crippen MR) is 91.8 cm³/mol. The van der Waals surface area contributed by atoms with Crippen LogP contribution in [0.5, 0.6) is 0 Å². The molecule has 0 saturated carbocycles. The van der Waals surface area contributed by atoms with Crippen LogP contribution in [0.15, 0.2) is 41.1 Å². The van der Waals surface area contributed by atoms with E-state index in [9.17, 15) is 10.1 Å². The average molecular weight is 355 g/mol. The molecule has 1 atom stereocenters. The molecule has 0 aliphatic carbocycles. The normalized spacial score (nSPS) is 18.1. The second-order valence-electron chi connectivity index (χ2n) is 6.08. The maximum atomic E-state index is 10.7. The minimum absolute atomic E-state index is 0.0351. The van der Waals surface area contributed by atoms with Gasteiger partial charge in [-0.1, -0.05) is 5.16 Å². The number of nitro groups is 1. The van der Waals surface area contributed by atoms with Crippen molar-refractivity contribution in [3.8, 4) is 17.3 Å². The molecule has 4 rings (SSSR count). The summed E-state index contributed by atoms with van der Waals surface area (Å²) in [6, 6.07) is 7.98. The standard InChI is InChI=1S/C16H17N7O3/c1-21-9-7-17-10-14(21)15-18-16(26-20-15)13-6-8-22(19-13)11-2-4-12(5-3-11)23(24)25/h2-6,8,14,17H,7,9-10H2,1H3. The van der Waals surface area contributed by atoms with Gasteiger partial charge in [-0.3, -0.25) is 15.0 Å². The average Bonchev–Trinajstić information content (AvgIpc) is 3.32. The summed E-state index contributed by atoms with van der Waals surface area (Å²) in [4.78, 5) is 17.0. The minimum atomic E-state index is -0.435. The van der Waals surface area contributed by atoms with Crippen LogP contribution >= 0.6 is 0 Å². The zero-order valence-electron chi connectivity index (χ0n) is 14.1. The fourth-order valence-corrected chi connectivity index (χ4v) is 2.88. The largest absolute Gasteiger partial charge is 0.332 e. The van der Waals surface area contributed by atoms with E-state index in [1.54, 1.807) is 29.1 Å². The van der Waals surface area contributed by atoms with Crippen LogP contribution in [0.1, 0.15) is 11.9 Å². The Morgan fingerprint density at radius 2 is 2.12 bits per heavy atom. The molecule has 1 saturated heterocycles. The molecule has 1 aliphatic rings. The lowest BCUT2D eigenvalue weighted by Gasteiger charge is -2.30. The van der Waals surface area contributed by atoms with E-state index in [1.807, 2.05) is 7.05 Å². The Bertz CT molecular complexity index is 918. The number of piperazine rings is 1. The van der Waals surface area contributed by atoms with Gasteiger partial charge in [0.25, 0.3) is 11.6 Å². The van der Waals surface area contributed by atoms with E-state index in [0.717, 1.165) is 19.6 Å². The number of rotatable bonds is 4. The molecule has 1 fully saturated rings. The fourth-order valence-electron chi connectivity index (χ4n) is 2.88. The first-order valence-electron chi connectivity index (χ1n) is 8.17. The summed E-state index contributed by atoms with van der Waals surface area (Å²) in [5, 5.41) is 22.6. The third kappa shape index (κ3) is 3.07. The fraction of sp³-hybridized carbons (Fsp3) is 0.312. The number of nitro benzene ring substituents is 1. The number of hydrogen-bond donors (Lipinski definition) is 1. The summed E-state index contributed by atoms with van der Waals surface area (Å²) >= 11 is 0. The zero-order valence-corrected chi connectivity index (χ0v) is 14.1. The first kappa shape index (κ1) is 16.4. The second-order valence-corrected chi connectivity index (χ2v) is 6.08. The third-order valence-electron chi connectivity index (χ3n) is 4.38. The Labute approximate surface area is 148 Å². The Morgan fingerprint density at radius 3 is 2.85 bits per heavy atom. The molecule has 1 unspecified atom stereocenters. The van der Waals surface area contributed by atoms with Crippen LogP contribution in [0.4, 0.5) is 5.69 Å². The highest BCUT2D eigenvalue weighted by Gasteiger charge is 2.26. The van der Waals surface area contributed by atoms with Crippen molar-refractivity contribution in [2.45, 2.75) is 6.04 Å². The number of non-ortho nitro benzene ring substituents is 1. The van der Waals surface area contributed by atoms with Crippen LogP contribution in [-0.2, 0) is 0 Å². The second kappa shape index (κ2) is 6.65. The molecule has 10 heteroatoms. The van der Waals surface area contributed by atoms with Gasteiger partial charge in [0.1, 0.15) is 0 Å². The molecule has 1 aromatic carbocycles. The first-order valence-corrected chi connectivity index (χ1v) is 8.17. The molecule has 3 heterocycles. The summed E-state index contributed by atoms with van der Waals surface area (Å²) in [6.45, 7) is 2.63. The lowest BCUT2D eigenvalue weighted by molar-refractivity contribution is -0.384. The Kier molecular flexibility index (Phi) is 4.19. The topological polar surface area (TPSA) is 115 Å². The van der Waals surface area contributed by atoms with Crippen molar-refractivity contribution in [1.82, 2.24) is 30.1 Å². The Hall–Kier alpha value is -3.11. The minimum Gasteiger partial charge on any atom is -0.332 e. The smallest absolute Gasteiger partial charge is 0.278 e. The van der Waals surface area contributed by atoms with Crippen LogP contribution < -0.4 is 5.32 Å². The summed E-state index contributed by atoms with van der Waals surface area (Å²) < 4.78 is 6.98. The van der Waals surface area contributed by atoms with Crippen LogP contribution in [0.3, 0.4) is 0 Å². The molecule has 134 valence electrons. The highest BCUT2D eigenvalue weighted by molar-refractivity contribution is 5.47. The van der Waals surface area contributed by atoms with Gasteiger partial charge in [-0.05, 0) is 25.2 Å². The van der Waals surface area contributed by atoms with Gasteiger partial charge in [0.2, 0.25) is 0 Å². The van der Waals surface area contributed by atoms with Gasteiger partial charge in [-0.2, -0.15) is 10.1 Å². The van der Waals surface area contributed by atoms with Crippen molar-refractivity contribution in [3.63, 3.8) is 0 Å². The maximum absolute atomic E-state index is 10.7. The Morgan fingerprint density at radius 1 is 1.31 bits per heavy atom. The van der Waals surface area contributed by atoms with Crippen molar-refractivity contribution in [1.29, 1.82) is 0 Å².